The number of thioether (sulfide) groups is 1. The van der Waals surface area contributed by atoms with Crippen LogP contribution in [0, 0.1) is 11.3 Å². The summed E-state index contributed by atoms with van der Waals surface area (Å²) in [4.78, 5) is 1.14. The SMILES string of the molecule is N#Cc1cccc(CSc2ccc3c(c2)OCCO3)c1. The minimum atomic E-state index is 0.603. The molecular weight excluding hydrogens is 270 g/mol. The first-order chi connectivity index (χ1) is 9.85. The summed E-state index contributed by atoms with van der Waals surface area (Å²) in [5.41, 5.74) is 1.84. The van der Waals surface area contributed by atoms with Gasteiger partial charge in [0, 0.05) is 10.6 Å². The smallest absolute Gasteiger partial charge is 0.162 e. The highest BCUT2D eigenvalue weighted by Crippen LogP contribution is 2.35. The molecule has 3 rings (SSSR count). The lowest BCUT2D eigenvalue weighted by atomic mass is 10.2. The maximum atomic E-state index is 8.89. The summed E-state index contributed by atoms with van der Waals surface area (Å²) in [6, 6.07) is 15.8. The van der Waals surface area contributed by atoms with Crippen LogP contribution >= 0.6 is 11.8 Å². The second-order valence-electron chi connectivity index (χ2n) is 4.41. The molecule has 1 aliphatic rings. The van der Waals surface area contributed by atoms with Crippen LogP contribution in [0.5, 0.6) is 11.5 Å². The molecule has 0 atom stereocenters. The van der Waals surface area contributed by atoms with E-state index in [-0.39, 0.29) is 0 Å². The Hall–Kier alpha value is -2.12. The normalized spacial score (nSPS) is 12.8. The third-order valence-corrected chi connectivity index (χ3v) is 4.04. The summed E-state index contributed by atoms with van der Waals surface area (Å²) >= 11 is 1.72. The Morgan fingerprint density at radius 3 is 2.75 bits per heavy atom. The van der Waals surface area contributed by atoms with E-state index in [2.05, 4.69) is 6.07 Å². The fourth-order valence-corrected chi connectivity index (χ4v) is 2.88. The van der Waals surface area contributed by atoms with E-state index in [1.165, 1.54) is 0 Å². The summed E-state index contributed by atoms with van der Waals surface area (Å²) in [6.07, 6.45) is 0. The first kappa shape index (κ1) is 12.9. The lowest BCUT2D eigenvalue weighted by molar-refractivity contribution is 0.171. The molecule has 0 bridgehead atoms. The Balaban J connectivity index is 1.70. The molecule has 1 heterocycles. The van der Waals surface area contributed by atoms with Gasteiger partial charge in [-0.3, -0.25) is 0 Å². The van der Waals surface area contributed by atoms with Crippen molar-refractivity contribution in [1.29, 1.82) is 5.26 Å². The first-order valence-electron chi connectivity index (χ1n) is 6.36. The van der Waals surface area contributed by atoms with Crippen LogP contribution in [0.3, 0.4) is 0 Å². The maximum Gasteiger partial charge on any atom is 0.162 e. The van der Waals surface area contributed by atoms with E-state index in [0.717, 1.165) is 27.7 Å². The van der Waals surface area contributed by atoms with Crippen LogP contribution in [0.25, 0.3) is 0 Å². The standard InChI is InChI=1S/C16H13NO2S/c17-10-12-2-1-3-13(8-12)11-20-14-4-5-15-16(9-14)19-7-6-18-15/h1-5,8-9H,6-7,11H2. The van der Waals surface area contributed by atoms with Crippen LogP contribution in [-0.4, -0.2) is 13.2 Å². The highest BCUT2D eigenvalue weighted by Gasteiger charge is 2.11. The van der Waals surface area contributed by atoms with E-state index in [9.17, 15) is 0 Å². The van der Waals surface area contributed by atoms with Crippen LogP contribution < -0.4 is 9.47 Å². The van der Waals surface area contributed by atoms with E-state index >= 15 is 0 Å². The lowest BCUT2D eigenvalue weighted by Gasteiger charge is -2.18. The number of ether oxygens (including phenoxy) is 2. The molecule has 4 heteroatoms. The molecule has 0 N–H and O–H groups in total. The molecule has 0 radical (unpaired) electrons. The van der Waals surface area contributed by atoms with Crippen molar-refractivity contribution >= 4 is 11.8 Å². The molecule has 0 amide bonds. The zero-order chi connectivity index (χ0) is 13.8. The van der Waals surface area contributed by atoms with Crippen LogP contribution in [0.4, 0.5) is 0 Å². The second kappa shape index (κ2) is 5.89. The van der Waals surface area contributed by atoms with Crippen molar-refractivity contribution in [2.45, 2.75) is 10.6 Å². The minimum Gasteiger partial charge on any atom is -0.486 e. The molecule has 20 heavy (non-hydrogen) atoms. The van der Waals surface area contributed by atoms with Gasteiger partial charge in [-0.2, -0.15) is 5.26 Å². The molecule has 0 saturated heterocycles. The van der Waals surface area contributed by atoms with E-state index in [1.807, 2.05) is 42.5 Å². The minimum absolute atomic E-state index is 0.603. The van der Waals surface area contributed by atoms with E-state index in [4.69, 9.17) is 14.7 Å². The number of hydrogen-bond acceptors (Lipinski definition) is 4. The summed E-state index contributed by atoms with van der Waals surface area (Å²) in [5, 5.41) is 8.89. The van der Waals surface area contributed by atoms with Gasteiger partial charge < -0.3 is 9.47 Å². The predicted octanol–water partition coefficient (Wildman–Crippen LogP) is 3.62. The number of rotatable bonds is 3. The van der Waals surface area contributed by atoms with Gasteiger partial charge in [0.25, 0.3) is 0 Å². The number of fused-ring (bicyclic) bond motifs is 1. The van der Waals surface area contributed by atoms with Gasteiger partial charge in [0.2, 0.25) is 0 Å². The first-order valence-corrected chi connectivity index (χ1v) is 7.35. The zero-order valence-corrected chi connectivity index (χ0v) is 11.7. The largest absolute Gasteiger partial charge is 0.486 e. The molecule has 100 valence electrons. The van der Waals surface area contributed by atoms with Crippen LogP contribution in [0.1, 0.15) is 11.1 Å². The highest BCUT2D eigenvalue weighted by molar-refractivity contribution is 7.98. The fraction of sp³-hybridized carbons (Fsp3) is 0.188. The van der Waals surface area contributed by atoms with E-state index < -0.39 is 0 Å². The molecule has 0 aromatic heterocycles. The molecule has 2 aromatic rings. The molecule has 3 nitrogen and oxygen atoms in total. The monoisotopic (exact) mass is 283 g/mol. The van der Waals surface area contributed by atoms with Gasteiger partial charge in [-0.05, 0) is 35.9 Å². The molecule has 1 aliphatic heterocycles. The average molecular weight is 283 g/mol. The molecule has 0 aliphatic carbocycles. The predicted molar refractivity (Wildman–Crippen MR) is 78.2 cm³/mol. The molecule has 0 unspecified atom stereocenters. The van der Waals surface area contributed by atoms with Gasteiger partial charge in [0.05, 0.1) is 11.6 Å². The van der Waals surface area contributed by atoms with Crippen molar-refractivity contribution in [2.75, 3.05) is 13.2 Å². The van der Waals surface area contributed by atoms with Crippen LogP contribution in [-0.2, 0) is 5.75 Å². The third kappa shape index (κ3) is 2.89. The second-order valence-corrected chi connectivity index (χ2v) is 5.46. The van der Waals surface area contributed by atoms with Gasteiger partial charge in [-0.1, -0.05) is 12.1 Å². The molecule has 0 saturated carbocycles. The quantitative estimate of drug-likeness (QED) is 0.807. The Morgan fingerprint density at radius 2 is 1.90 bits per heavy atom. The Kier molecular flexibility index (Phi) is 3.80. The van der Waals surface area contributed by atoms with Gasteiger partial charge in [0.15, 0.2) is 11.5 Å². The summed E-state index contributed by atoms with van der Waals surface area (Å²) in [5.74, 6) is 2.45. The molecule has 2 aromatic carbocycles. The van der Waals surface area contributed by atoms with Crippen LogP contribution in [0.15, 0.2) is 47.4 Å². The molecule has 0 spiro atoms. The van der Waals surface area contributed by atoms with Crippen molar-refractivity contribution in [3.63, 3.8) is 0 Å². The Labute approximate surface area is 122 Å². The summed E-state index contributed by atoms with van der Waals surface area (Å²) in [7, 11) is 0. The van der Waals surface area contributed by atoms with Gasteiger partial charge in [-0.25, -0.2) is 0 Å². The Morgan fingerprint density at radius 1 is 1.05 bits per heavy atom. The zero-order valence-electron chi connectivity index (χ0n) is 10.8. The third-order valence-electron chi connectivity index (χ3n) is 2.98. The number of nitrogens with zero attached hydrogens (tertiary/aromatic N) is 1. The average Bonchev–Trinajstić information content (AvgIpc) is 2.53. The number of benzene rings is 2. The summed E-state index contributed by atoms with van der Waals surface area (Å²) < 4.78 is 11.1. The van der Waals surface area contributed by atoms with Crippen molar-refractivity contribution in [3.05, 3.63) is 53.6 Å². The van der Waals surface area contributed by atoms with Gasteiger partial charge in [0.1, 0.15) is 13.2 Å². The number of nitriles is 1. The lowest BCUT2D eigenvalue weighted by Crippen LogP contribution is -2.15. The van der Waals surface area contributed by atoms with E-state index in [1.54, 1.807) is 11.8 Å². The van der Waals surface area contributed by atoms with Crippen molar-refractivity contribution in [2.24, 2.45) is 0 Å². The highest BCUT2D eigenvalue weighted by atomic mass is 32.2. The molecular formula is C16H13NO2S. The van der Waals surface area contributed by atoms with Crippen molar-refractivity contribution in [3.8, 4) is 17.6 Å². The number of hydrogen-bond donors (Lipinski definition) is 0. The summed E-state index contributed by atoms with van der Waals surface area (Å²) in [6.45, 7) is 1.21. The topological polar surface area (TPSA) is 42.2 Å². The van der Waals surface area contributed by atoms with Crippen LogP contribution in [0.2, 0.25) is 0 Å². The van der Waals surface area contributed by atoms with Crippen molar-refractivity contribution in [1.82, 2.24) is 0 Å². The van der Waals surface area contributed by atoms with E-state index in [0.29, 0.717) is 18.8 Å². The Bertz CT molecular complexity index is 664. The van der Waals surface area contributed by atoms with Crippen molar-refractivity contribution < 1.29 is 9.47 Å². The van der Waals surface area contributed by atoms with Gasteiger partial charge in [-0.15, -0.1) is 11.8 Å². The maximum absolute atomic E-state index is 8.89. The van der Waals surface area contributed by atoms with Gasteiger partial charge >= 0.3 is 0 Å². The molecule has 0 fully saturated rings. The fourth-order valence-electron chi connectivity index (χ4n) is 2.01.